The van der Waals surface area contributed by atoms with Gasteiger partial charge in [0, 0.05) is 20.1 Å². The van der Waals surface area contributed by atoms with E-state index in [4.69, 9.17) is 4.74 Å². The van der Waals surface area contributed by atoms with E-state index < -0.39 is 6.10 Å². The van der Waals surface area contributed by atoms with Gasteiger partial charge in [0.1, 0.15) is 0 Å². The molecule has 0 radical (unpaired) electrons. The molecular formula is C18H32IN3O2. The molecule has 0 aliphatic carbocycles. The van der Waals surface area contributed by atoms with E-state index in [9.17, 15) is 5.11 Å². The molecule has 0 aromatic heterocycles. The van der Waals surface area contributed by atoms with E-state index in [1.807, 2.05) is 44.3 Å². The lowest BCUT2D eigenvalue weighted by atomic mass is 10.2. The van der Waals surface area contributed by atoms with E-state index in [0.717, 1.165) is 37.5 Å². The Balaban J connectivity index is 0.00000529. The van der Waals surface area contributed by atoms with Gasteiger partial charge in [-0.1, -0.05) is 43.7 Å². The Morgan fingerprint density at radius 3 is 2.62 bits per heavy atom. The molecule has 1 rings (SSSR count). The first-order chi connectivity index (χ1) is 11.2. The number of benzene rings is 1. The first kappa shape index (κ1) is 23.1. The summed E-state index contributed by atoms with van der Waals surface area (Å²) in [5.74, 6) is 0.836. The van der Waals surface area contributed by atoms with Crippen molar-refractivity contribution >= 4 is 29.9 Å². The van der Waals surface area contributed by atoms with Crippen molar-refractivity contribution in [2.75, 3.05) is 33.3 Å². The molecule has 138 valence electrons. The summed E-state index contributed by atoms with van der Waals surface area (Å²) in [7, 11) is 2.02. The van der Waals surface area contributed by atoms with Crippen LogP contribution in [0.25, 0.3) is 0 Å². The van der Waals surface area contributed by atoms with Gasteiger partial charge in [-0.15, -0.1) is 24.0 Å². The van der Waals surface area contributed by atoms with Gasteiger partial charge in [0.05, 0.1) is 25.9 Å². The Morgan fingerprint density at radius 1 is 1.29 bits per heavy atom. The van der Waals surface area contributed by atoms with E-state index in [-0.39, 0.29) is 30.6 Å². The average Bonchev–Trinajstić information content (AvgIpc) is 2.57. The Labute approximate surface area is 163 Å². The second kappa shape index (κ2) is 14.5. The van der Waals surface area contributed by atoms with Gasteiger partial charge >= 0.3 is 0 Å². The van der Waals surface area contributed by atoms with Crippen molar-refractivity contribution in [1.29, 1.82) is 0 Å². The zero-order valence-electron chi connectivity index (χ0n) is 15.1. The molecule has 1 aromatic carbocycles. The standard InChI is InChI=1S/C18H31N3O2.HI/c1-4-6-12-21(3)18(19-5-2)20-13-17(22)15-23-14-16-10-8-7-9-11-16;/h7-11,17,22H,4-6,12-15H2,1-3H3,(H,19,20);1H. The van der Waals surface area contributed by atoms with Crippen LogP contribution in [0.3, 0.4) is 0 Å². The fourth-order valence-electron chi connectivity index (χ4n) is 2.10. The van der Waals surface area contributed by atoms with Crippen molar-refractivity contribution in [2.24, 2.45) is 4.99 Å². The summed E-state index contributed by atoms with van der Waals surface area (Å²) in [6.07, 6.45) is 1.69. The predicted molar refractivity (Wildman–Crippen MR) is 111 cm³/mol. The summed E-state index contributed by atoms with van der Waals surface area (Å²) in [5, 5.41) is 13.3. The number of hydrogen-bond acceptors (Lipinski definition) is 3. The number of rotatable bonds is 10. The molecule has 0 bridgehead atoms. The van der Waals surface area contributed by atoms with Crippen LogP contribution < -0.4 is 5.32 Å². The Morgan fingerprint density at radius 2 is 2.00 bits per heavy atom. The highest BCUT2D eigenvalue weighted by Crippen LogP contribution is 2.01. The number of hydrogen-bond donors (Lipinski definition) is 2. The molecular weight excluding hydrogens is 417 g/mol. The molecule has 0 amide bonds. The number of guanidine groups is 1. The first-order valence-corrected chi connectivity index (χ1v) is 8.46. The topological polar surface area (TPSA) is 57.1 Å². The smallest absolute Gasteiger partial charge is 0.193 e. The first-order valence-electron chi connectivity index (χ1n) is 8.46. The maximum atomic E-state index is 10.0. The number of halogens is 1. The molecule has 0 saturated heterocycles. The van der Waals surface area contributed by atoms with Crippen LogP contribution in [-0.2, 0) is 11.3 Å². The fraction of sp³-hybridized carbons (Fsp3) is 0.611. The van der Waals surface area contributed by atoms with Gasteiger partial charge in [0.25, 0.3) is 0 Å². The SMILES string of the molecule is CCCCN(C)C(=NCC(O)COCc1ccccc1)NCC.I. The van der Waals surface area contributed by atoms with Gasteiger partial charge in [0.2, 0.25) is 0 Å². The molecule has 0 heterocycles. The summed E-state index contributed by atoms with van der Waals surface area (Å²) < 4.78 is 5.55. The lowest BCUT2D eigenvalue weighted by molar-refractivity contribution is 0.0330. The molecule has 5 nitrogen and oxygen atoms in total. The minimum atomic E-state index is -0.591. The van der Waals surface area contributed by atoms with Gasteiger partial charge in [-0.2, -0.15) is 0 Å². The number of nitrogens with zero attached hydrogens (tertiary/aromatic N) is 2. The van der Waals surface area contributed by atoms with E-state index in [2.05, 4.69) is 22.1 Å². The van der Waals surface area contributed by atoms with Crippen LogP contribution in [0, 0.1) is 0 Å². The fourth-order valence-corrected chi connectivity index (χ4v) is 2.10. The highest BCUT2D eigenvalue weighted by atomic mass is 127. The summed E-state index contributed by atoms with van der Waals surface area (Å²) in [6, 6.07) is 9.96. The number of aliphatic hydroxyl groups excluding tert-OH is 1. The molecule has 1 aromatic rings. The van der Waals surface area contributed by atoms with Crippen LogP contribution in [0.4, 0.5) is 0 Å². The number of aliphatic imine (C=N–C) groups is 1. The van der Waals surface area contributed by atoms with Crippen molar-refractivity contribution in [3.8, 4) is 0 Å². The van der Waals surface area contributed by atoms with Crippen LogP contribution in [0.2, 0.25) is 0 Å². The van der Waals surface area contributed by atoms with Crippen molar-refractivity contribution in [3.05, 3.63) is 35.9 Å². The molecule has 0 saturated carbocycles. The van der Waals surface area contributed by atoms with Crippen LogP contribution in [0.15, 0.2) is 35.3 Å². The molecule has 0 aliphatic rings. The summed E-state index contributed by atoms with van der Waals surface area (Å²) in [6.45, 7) is 7.13. The number of aliphatic hydroxyl groups is 1. The predicted octanol–water partition coefficient (Wildman–Crippen LogP) is 2.88. The lowest BCUT2D eigenvalue weighted by Gasteiger charge is -2.22. The summed E-state index contributed by atoms with van der Waals surface area (Å²) in [4.78, 5) is 6.60. The largest absolute Gasteiger partial charge is 0.389 e. The van der Waals surface area contributed by atoms with Crippen molar-refractivity contribution in [2.45, 2.75) is 39.4 Å². The molecule has 0 spiro atoms. The zero-order chi connectivity index (χ0) is 16.9. The third-order valence-electron chi connectivity index (χ3n) is 3.42. The second-order valence-corrected chi connectivity index (χ2v) is 5.62. The van der Waals surface area contributed by atoms with E-state index >= 15 is 0 Å². The summed E-state index contributed by atoms with van der Waals surface area (Å²) >= 11 is 0. The van der Waals surface area contributed by atoms with Crippen LogP contribution in [0.1, 0.15) is 32.3 Å². The monoisotopic (exact) mass is 449 g/mol. The van der Waals surface area contributed by atoms with Gasteiger partial charge < -0.3 is 20.1 Å². The molecule has 1 unspecified atom stereocenters. The Bertz CT molecular complexity index is 443. The van der Waals surface area contributed by atoms with Crippen LogP contribution in [0.5, 0.6) is 0 Å². The van der Waals surface area contributed by atoms with Crippen molar-refractivity contribution < 1.29 is 9.84 Å². The van der Waals surface area contributed by atoms with Gasteiger partial charge in [-0.3, -0.25) is 4.99 Å². The number of ether oxygens (including phenoxy) is 1. The Kier molecular flexibility index (Phi) is 14.0. The summed E-state index contributed by atoms with van der Waals surface area (Å²) in [5.41, 5.74) is 1.11. The molecule has 0 aliphatic heterocycles. The molecule has 6 heteroatoms. The third-order valence-corrected chi connectivity index (χ3v) is 3.42. The maximum absolute atomic E-state index is 10.0. The number of unbranched alkanes of at least 4 members (excludes halogenated alkanes) is 1. The minimum absolute atomic E-state index is 0. The van der Waals surface area contributed by atoms with E-state index in [1.54, 1.807) is 0 Å². The van der Waals surface area contributed by atoms with E-state index in [0.29, 0.717) is 13.2 Å². The quantitative estimate of drug-likeness (QED) is 0.328. The van der Waals surface area contributed by atoms with Gasteiger partial charge in [-0.25, -0.2) is 0 Å². The van der Waals surface area contributed by atoms with Gasteiger partial charge in [0.15, 0.2) is 5.96 Å². The minimum Gasteiger partial charge on any atom is -0.389 e. The zero-order valence-corrected chi connectivity index (χ0v) is 17.4. The molecule has 1 atom stereocenters. The maximum Gasteiger partial charge on any atom is 0.193 e. The molecule has 24 heavy (non-hydrogen) atoms. The molecule has 0 fully saturated rings. The van der Waals surface area contributed by atoms with Crippen molar-refractivity contribution in [1.82, 2.24) is 10.2 Å². The Hall–Kier alpha value is -0.860. The lowest BCUT2D eigenvalue weighted by Crippen LogP contribution is -2.40. The highest BCUT2D eigenvalue weighted by molar-refractivity contribution is 14.0. The van der Waals surface area contributed by atoms with Crippen LogP contribution in [-0.4, -0.2) is 55.4 Å². The van der Waals surface area contributed by atoms with Crippen LogP contribution >= 0.6 is 24.0 Å². The second-order valence-electron chi connectivity index (χ2n) is 5.62. The normalized spacial score (nSPS) is 12.4. The van der Waals surface area contributed by atoms with Gasteiger partial charge in [-0.05, 0) is 18.9 Å². The number of nitrogens with one attached hydrogen (secondary N) is 1. The third kappa shape index (κ3) is 10.1. The molecule has 2 N–H and O–H groups in total. The van der Waals surface area contributed by atoms with E-state index in [1.165, 1.54) is 0 Å². The average molecular weight is 449 g/mol. The van der Waals surface area contributed by atoms with Crippen molar-refractivity contribution in [3.63, 3.8) is 0 Å². The highest BCUT2D eigenvalue weighted by Gasteiger charge is 2.08.